The van der Waals surface area contributed by atoms with Crippen LogP contribution in [-0.4, -0.2) is 23.0 Å². The molecule has 0 saturated heterocycles. The first kappa shape index (κ1) is 17.1. The summed E-state index contributed by atoms with van der Waals surface area (Å²) in [5, 5.41) is 3.31. The van der Waals surface area contributed by atoms with Crippen LogP contribution in [0.3, 0.4) is 0 Å². The second-order valence-electron chi connectivity index (χ2n) is 5.72. The number of ether oxygens (including phenoxy) is 1. The van der Waals surface area contributed by atoms with E-state index in [0.29, 0.717) is 44.7 Å². The van der Waals surface area contributed by atoms with Gasteiger partial charge in [-0.2, -0.15) is 4.98 Å². The van der Waals surface area contributed by atoms with Gasteiger partial charge in [0.05, 0.1) is 17.7 Å². The van der Waals surface area contributed by atoms with Crippen LogP contribution in [0.4, 0.5) is 5.69 Å². The maximum atomic E-state index is 12.5. The quantitative estimate of drug-likeness (QED) is 0.551. The fourth-order valence-corrected chi connectivity index (χ4v) is 2.80. The first-order valence-corrected chi connectivity index (χ1v) is 8.49. The van der Waals surface area contributed by atoms with E-state index in [9.17, 15) is 4.79 Å². The Morgan fingerprint density at radius 1 is 1.15 bits per heavy atom. The number of benzene rings is 2. The highest BCUT2D eigenvalue weighted by Gasteiger charge is 2.14. The number of halogens is 1. The second kappa shape index (κ2) is 7.09. The average molecular weight is 380 g/mol. The molecule has 0 bridgehead atoms. The van der Waals surface area contributed by atoms with Crippen molar-refractivity contribution in [3.05, 3.63) is 71.4 Å². The van der Waals surface area contributed by atoms with E-state index in [0.717, 1.165) is 0 Å². The van der Waals surface area contributed by atoms with Crippen molar-refractivity contribution in [1.82, 2.24) is 9.97 Å². The van der Waals surface area contributed by atoms with Crippen LogP contribution in [0.15, 0.2) is 65.2 Å². The van der Waals surface area contributed by atoms with Crippen LogP contribution >= 0.6 is 11.6 Å². The summed E-state index contributed by atoms with van der Waals surface area (Å²) < 4.78 is 10.8. The molecule has 0 aliphatic rings. The van der Waals surface area contributed by atoms with Gasteiger partial charge >= 0.3 is 0 Å². The van der Waals surface area contributed by atoms with E-state index in [4.69, 9.17) is 20.8 Å². The number of amides is 1. The Bertz CT molecular complexity index is 1090. The Morgan fingerprint density at radius 3 is 2.70 bits per heavy atom. The molecule has 1 amide bonds. The maximum Gasteiger partial charge on any atom is 0.255 e. The lowest BCUT2D eigenvalue weighted by atomic mass is 10.1. The number of fused-ring (bicyclic) bond motifs is 1. The zero-order valence-corrected chi connectivity index (χ0v) is 15.0. The van der Waals surface area contributed by atoms with Crippen LogP contribution in [0.5, 0.6) is 5.75 Å². The number of aromatic nitrogens is 2. The van der Waals surface area contributed by atoms with E-state index in [1.165, 1.54) is 0 Å². The van der Waals surface area contributed by atoms with Gasteiger partial charge in [-0.1, -0.05) is 11.6 Å². The smallest absolute Gasteiger partial charge is 0.255 e. The summed E-state index contributed by atoms with van der Waals surface area (Å²) in [5.41, 5.74) is 2.72. The van der Waals surface area contributed by atoms with Crippen molar-refractivity contribution in [2.75, 3.05) is 12.4 Å². The molecule has 0 unspecified atom stereocenters. The molecule has 0 fully saturated rings. The van der Waals surface area contributed by atoms with Crippen LogP contribution < -0.4 is 10.1 Å². The molecule has 6 nitrogen and oxygen atoms in total. The van der Waals surface area contributed by atoms with Crippen molar-refractivity contribution in [1.29, 1.82) is 0 Å². The molecule has 4 rings (SSSR count). The molecule has 0 atom stereocenters. The maximum absolute atomic E-state index is 12.5. The van der Waals surface area contributed by atoms with Crippen LogP contribution in [0.2, 0.25) is 5.02 Å². The topological polar surface area (TPSA) is 77.2 Å². The van der Waals surface area contributed by atoms with E-state index in [-0.39, 0.29) is 5.91 Å². The Kier molecular flexibility index (Phi) is 4.48. The van der Waals surface area contributed by atoms with Gasteiger partial charge in [-0.05, 0) is 54.6 Å². The number of carbonyl (C=O) groups excluding carboxylic acids is 1. The lowest BCUT2D eigenvalue weighted by Crippen LogP contribution is -2.11. The number of rotatable bonds is 4. The molecule has 134 valence electrons. The van der Waals surface area contributed by atoms with Crippen molar-refractivity contribution in [3.63, 3.8) is 0 Å². The minimum Gasteiger partial charge on any atom is -0.497 e. The predicted octanol–water partition coefficient (Wildman–Crippen LogP) is 4.80. The van der Waals surface area contributed by atoms with Crippen molar-refractivity contribution in [2.24, 2.45) is 0 Å². The SMILES string of the molecule is COc1ccc(C(=O)Nc2ccc(Cl)c(-c3nc4ncccc4o3)c2)cc1. The molecule has 2 aromatic carbocycles. The number of hydrogen-bond acceptors (Lipinski definition) is 5. The molecule has 1 N–H and O–H groups in total. The standard InChI is InChI=1S/C20H14ClN3O3/c1-26-14-7-4-12(5-8-14)19(25)23-13-6-9-16(21)15(11-13)20-24-18-17(27-20)3-2-10-22-18/h2-11H,1H3,(H,23,25). The molecular weight excluding hydrogens is 366 g/mol. The lowest BCUT2D eigenvalue weighted by molar-refractivity contribution is 0.102. The zero-order chi connectivity index (χ0) is 18.8. The Hall–Kier alpha value is -3.38. The number of pyridine rings is 1. The van der Waals surface area contributed by atoms with Gasteiger partial charge in [0.2, 0.25) is 5.89 Å². The third-order valence-corrected chi connectivity index (χ3v) is 4.30. The molecule has 4 aromatic rings. The Balaban J connectivity index is 1.62. The van der Waals surface area contributed by atoms with E-state index >= 15 is 0 Å². The summed E-state index contributed by atoms with van der Waals surface area (Å²) in [6, 6.07) is 15.5. The molecule has 0 aliphatic heterocycles. The van der Waals surface area contributed by atoms with Crippen molar-refractivity contribution in [2.45, 2.75) is 0 Å². The fourth-order valence-electron chi connectivity index (χ4n) is 2.60. The number of nitrogens with one attached hydrogen (secondary N) is 1. The summed E-state index contributed by atoms with van der Waals surface area (Å²) in [4.78, 5) is 21.0. The lowest BCUT2D eigenvalue weighted by Gasteiger charge is -2.08. The number of oxazole rings is 1. The van der Waals surface area contributed by atoms with Gasteiger partial charge in [-0.25, -0.2) is 4.98 Å². The summed E-state index contributed by atoms with van der Waals surface area (Å²) in [7, 11) is 1.58. The first-order valence-electron chi connectivity index (χ1n) is 8.11. The molecule has 0 radical (unpaired) electrons. The van der Waals surface area contributed by atoms with Gasteiger partial charge in [0.15, 0.2) is 11.2 Å². The minimum atomic E-state index is -0.245. The summed E-state index contributed by atoms with van der Waals surface area (Å²) in [6.45, 7) is 0. The molecule has 2 heterocycles. The Labute approximate surface area is 159 Å². The third kappa shape index (κ3) is 3.47. The third-order valence-electron chi connectivity index (χ3n) is 3.97. The van der Waals surface area contributed by atoms with Crippen LogP contribution in [0.1, 0.15) is 10.4 Å². The average Bonchev–Trinajstić information content (AvgIpc) is 3.13. The monoisotopic (exact) mass is 379 g/mol. The van der Waals surface area contributed by atoms with Gasteiger partial charge in [0.25, 0.3) is 5.91 Å². The number of anilines is 1. The van der Waals surface area contributed by atoms with Gasteiger partial charge < -0.3 is 14.5 Å². The van der Waals surface area contributed by atoms with Crippen LogP contribution in [-0.2, 0) is 0 Å². The largest absolute Gasteiger partial charge is 0.497 e. The molecule has 7 heteroatoms. The highest BCUT2D eigenvalue weighted by Crippen LogP contribution is 2.32. The summed E-state index contributed by atoms with van der Waals surface area (Å²) in [5.74, 6) is 0.782. The zero-order valence-electron chi connectivity index (χ0n) is 14.3. The highest BCUT2D eigenvalue weighted by molar-refractivity contribution is 6.33. The van der Waals surface area contributed by atoms with Gasteiger partial charge in [-0.15, -0.1) is 0 Å². The number of methoxy groups -OCH3 is 1. The van der Waals surface area contributed by atoms with E-state index in [1.807, 2.05) is 0 Å². The van der Waals surface area contributed by atoms with E-state index in [1.54, 1.807) is 67.9 Å². The van der Waals surface area contributed by atoms with Crippen LogP contribution in [0, 0.1) is 0 Å². The molecule has 0 saturated carbocycles. The van der Waals surface area contributed by atoms with Crippen molar-refractivity contribution >= 4 is 34.4 Å². The van der Waals surface area contributed by atoms with E-state index < -0.39 is 0 Å². The number of nitrogens with zero attached hydrogens (tertiary/aromatic N) is 2. The Morgan fingerprint density at radius 2 is 1.96 bits per heavy atom. The minimum absolute atomic E-state index is 0.245. The number of carbonyl (C=O) groups is 1. The highest BCUT2D eigenvalue weighted by atomic mass is 35.5. The van der Waals surface area contributed by atoms with Gasteiger partial charge in [0.1, 0.15) is 5.75 Å². The van der Waals surface area contributed by atoms with Crippen molar-refractivity contribution in [3.8, 4) is 17.2 Å². The van der Waals surface area contributed by atoms with Crippen molar-refractivity contribution < 1.29 is 13.9 Å². The van der Waals surface area contributed by atoms with Gasteiger partial charge in [-0.3, -0.25) is 4.79 Å². The van der Waals surface area contributed by atoms with Gasteiger partial charge in [0, 0.05) is 17.4 Å². The van der Waals surface area contributed by atoms with E-state index in [2.05, 4.69) is 15.3 Å². The molecule has 2 aromatic heterocycles. The molecule has 0 spiro atoms. The summed E-state index contributed by atoms with van der Waals surface area (Å²) >= 11 is 6.30. The predicted molar refractivity (Wildman–Crippen MR) is 103 cm³/mol. The normalized spacial score (nSPS) is 10.7. The molecular formula is C20H14ClN3O3. The molecule has 27 heavy (non-hydrogen) atoms. The number of hydrogen-bond donors (Lipinski definition) is 1. The second-order valence-corrected chi connectivity index (χ2v) is 6.13. The molecule has 0 aliphatic carbocycles. The summed E-state index contributed by atoms with van der Waals surface area (Å²) in [6.07, 6.45) is 1.64. The van der Waals surface area contributed by atoms with Crippen LogP contribution in [0.25, 0.3) is 22.7 Å². The first-order chi connectivity index (χ1) is 13.1. The fraction of sp³-hybridized carbons (Fsp3) is 0.0500.